The van der Waals surface area contributed by atoms with Crippen LogP contribution < -0.4 is 10.1 Å². The fourth-order valence-electron chi connectivity index (χ4n) is 3.28. The average Bonchev–Trinajstić information content (AvgIpc) is 3.17. The number of hydrogen-bond donors (Lipinski definition) is 1. The van der Waals surface area contributed by atoms with E-state index < -0.39 is 0 Å². The topological polar surface area (TPSA) is 44.8 Å². The monoisotopic (exact) mass is 407 g/mol. The zero-order chi connectivity index (χ0) is 19.4. The standard InChI is InChI=1S/C20H26ClN3O2S/c1-14-10-18(19(26-3)11-17(14)21)22-20(25)15(2)24-7-5-23(6-8-24)12-16-4-9-27-13-16/h4,9-11,13,15H,5-8,12H2,1-3H3,(H,22,25)/t15-/m0/s1. The third kappa shape index (κ3) is 5.02. The number of nitrogens with one attached hydrogen (secondary N) is 1. The Balaban J connectivity index is 1.56. The lowest BCUT2D eigenvalue weighted by Gasteiger charge is -2.37. The molecule has 27 heavy (non-hydrogen) atoms. The molecule has 1 aliphatic rings. The quantitative estimate of drug-likeness (QED) is 0.789. The molecule has 5 nitrogen and oxygen atoms in total. The molecule has 1 N–H and O–H groups in total. The van der Waals surface area contributed by atoms with Gasteiger partial charge in [-0.2, -0.15) is 11.3 Å². The summed E-state index contributed by atoms with van der Waals surface area (Å²) in [5.74, 6) is 0.549. The van der Waals surface area contributed by atoms with Crippen molar-refractivity contribution in [1.82, 2.24) is 9.80 Å². The molecule has 2 aromatic rings. The highest BCUT2D eigenvalue weighted by molar-refractivity contribution is 7.07. The van der Waals surface area contributed by atoms with Crippen molar-refractivity contribution >= 4 is 34.5 Å². The van der Waals surface area contributed by atoms with Crippen LogP contribution in [0, 0.1) is 6.92 Å². The molecular weight excluding hydrogens is 382 g/mol. The minimum Gasteiger partial charge on any atom is -0.495 e. The van der Waals surface area contributed by atoms with E-state index in [9.17, 15) is 4.79 Å². The summed E-state index contributed by atoms with van der Waals surface area (Å²) in [6.07, 6.45) is 0. The Morgan fingerprint density at radius 2 is 2.07 bits per heavy atom. The van der Waals surface area contributed by atoms with E-state index >= 15 is 0 Å². The molecule has 146 valence electrons. The zero-order valence-electron chi connectivity index (χ0n) is 16.0. The minimum absolute atomic E-state index is 0.0266. The lowest BCUT2D eigenvalue weighted by molar-refractivity contribution is -0.121. The van der Waals surface area contributed by atoms with Gasteiger partial charge in [0.05, 0.1) is 18.8 Å². The molecule has 0 spiro atoms. The summed E-state index contributed by atoms with van der Waals surface area (Å²) >= 11 is 7.88. The fraction of sp³-hybridized carbons (Fsp3) is 0.450. The maximum Gasteiger partial charge on any atom is 0.241 e. The summed E-state index contributed by atoms with van der Waals surface area (Å²) in [5, 5.41) is 7.94. The van der Waals surface area contributed by atoms with Gasteiger partial charge in [0.15, 0.2) is 0 Å². The molecular formula is C20H26ClN3O2S. The predicted molar refractivity (Wildman–Crippen MR) is 112 cm³/mol. The molecule has 1 aliphatic heterocycles. The number of anilines is 1. The molecule has 0 bridgehead atoms. The van der Waals surface area contributed by atoms with Crippen molar-refractivity contribution in [2.45, 2.75) is 26.4 Å². The average molecular weight is 408 g/mol. The molecule has 2 heterocycles. The molecule has 1 amide bonds. The fourth-order valence-corrected chi connectivity index (χ4v) is 4.10. The lowest BCUT2D eigenvalue weighted by Crippen LogP contribution is -2.52. The van der Waals surface area contributed by atoms with E-state index in [-0.39, 0.29) is 11.9 Å². The predicted octanol–water partition coefficient (Wildman–Crippen LogP) is 3.86. The van der Waals surface area contributed by atoms with Crippen molar-refractivity contribution in [3.05, 3.63) is 45.1 Å². The number of benzene rings is 1. The maximum atomic E-state index is 12.8. The maximum absolute atomic E-state index is 12.8. The molecule has 0 radical (unpaired) electrons. The van der Waals surface area contributed by atoms with Crippen LogP contribution in [-0.2, 0) is 11.3 Å². The van der Waals surface area contributed by atoms with Gasteiger partial charge in [0.2, 0.25) is 5.91 Å². The molecule has 1 saturated heterocycles. The van der Waals surface area contributed by atoms with Gasteiger partial charge in [-0.25, -0.2) is 0 Å². The zero-order valence-corrected chi connectivity index (χ0v) is 17.6. The van der Waals surface area contributed by atoms with Crippen molar-refractivity contribution < 1.29 is 9.53 Å². The van der Waals surface area contributed by atoms with E-state index in [1.165, 1.54) is 5.56 Å². The van der Waals surface area contributed by atoms with Gasteiger partial charge >= 0.3 is 0 Å². The van der Waals surface area contributed by atoms with E-state index in [4.69, 9.17) is 16.3 Å². The summed E-state index contributed by atoms with van der Waals surface area (Å²) < 4.78 is 5.35. The Kier molecular flexibility index (Phi) is 6.76. The highest BCUT2D eigenvalue weighted by atomic mass is 35.5. The van der Waals surface area contributed by atoms with Gasteiger partial charge in [-0.05, 0) is 47.9 Å². The number of piperazine rings is 1. The smallest absolute Gasteiger partial charge is 0.241 e. The van der Waals surface area contributed by atoms with Gasteiger partial charge in [-0.1, -0.05) is 11.6 Å². The summed E-state index contributed by atoms with van der Waals surface area (Å²) in [5.41, 5.74) is 2.93. The highest BCUT2D eigenvalue weighted by Gasteiger charge is 2.26. The molecule has 0 saturated carbocycles. The Labute approximate surface area is 169 Å². The number of hydrogen-bond acceptors (Lipinski definition) is 5. The largest absolute Gasteiger partial charge is 0.495 e. The van der Waals surface area contributed by atoms with Crippen LogP contribution in [0.1, 0.15) is 18.1 Å². The molecule has 3 rings (SSSR count). The van der Waals surface area contributed by atoms with E-state index in [0.29, 0.717) is 16.5 Å². The van der Waals surface area contributed by atoms with Crippen LogP contribution in [0.2, 0.25) is 5.02 Å². The van der Waals surface area contributed by atoms with Gasteiger partial charge < -0.3 is 10.1 Å². The Hall–Kier alpha value is -1.60. The number of ether oxygens (including phenoxy) is 1. The van der Waals surface area contributed by atoms with E-state index in [0.717, 1.165) is 38.3 Å². The first-order valence-electron chi connectivity index (χ1n) is 9.10. The molecule has 1 atom stereocenters. The van der Waals surface area contributed by atoms with Crippen LogP contribution in [0.5, 0.6) is 5.75 Å². The molecule has 0 aliphatic carbocycles. The molecule has 0 unspecified atom stereocenters. The second-order valence-electron chi connectivity index (χ2n) is 6.91. The summed E-state index contributed by atoms with van der Waals surface area (Å²) in [7, 11) is 1.58. The number of aryl methyl sites for hydroxylation is 1. The number of amides is 1. The number of halogens is 1. The van der Waals surface area contributed by atoms with Gasteiger partial charge in [-0.15, -0.1) is 0 Å². The number of carbonyl (C=O) groups excluding carboxylic acids is 1. The summed E-state index contributed by atoms with van der Waals surface area (Å²) in [6, 6.07) is 5.56. The van der Waals surface area contributed by atoms with Crippen molar-refractivity contribution in [2.24, 2.45) is 0 Å². The second-order valence-corrected chi connectivity index (χ2v) is 8.10. The number of carbonyl (C=O) groups is 1. The summed E-state index contributed by atoms with van der Waals surface area (Å²) in [4.78, 5) is 17.4. The first-order valence-corrected chi connectivity index (χ1v) is 10.4. The van der Waals surface area contributed by atoms with Gasteiger partial charge in [-0.3, -0.25) is 14.6 Å². The third-order valence-corrected chi connectivity index (χ3v) is 6.20. The van der Waals surface area contributed by atoms with E-state index in [2.05, 4.69) is 31.9 Å². The number of nitrogens with zero attached hydrogens (tertiary/aromatic N) is 2. The van der Waals surface area contributed by atoms with Crippen molar-refractivity contribution in [3.8, 4) is 5.75 Å². The van der Waals surface area contributed by atoms with Crippen LogP contribution in [-0.4, -0.2) is 55.0 Å². The number of rotatable bonds is 6. The molecule has 1 fully saturated rings. The van der Waals surface area contributed by atoms with Gasteiger partial charge in [0.25, 0.3) is 0 Å². The Bertz CT molecular complexity index is 774. The summed E-state index contributed by atoms with van der Waals surface area (Å²) in [6.45, 7) is 8.56. The number of thiophene rings is 1. The van der Waals surface area contributed by atoms with Crippen LogP contribution in [0.15, 0.2) is 29.0 Å². The van der Waals surface area contributed by atoms with Crippen molar-refractivity contribution in [3.63, 3.8) is 0 Å². The minimum atomic E-state index is -0.200. The first kappa shape index (κ1) is 20.1. The number of methoxy groups -OCH3 is 1. The third-order valence-electron chi connectivity index (χ3n) is 5.06. The van der Waals surface area contributed by atoms with Gasteiger partial charge in [0, 0.05) is 43.8 Å². The molecule has 1 aromatic heterocycles. The van der Waals surface area contributed by atoms with Crippen LogP contribution in [0.3, 0.4) is 0 Å². The van der Waals surface area contributed by atoms with Gasteiger partial charge in [0.1, 0.15) is 5.75 Å². The van der Waals surface area contributed by atoms with Crippen LogP contribution in [0.25, 0.3) is 0 Å². The SMILES string of the molecule is COc1cc(Cl)c(C)cc1NC(=O)[C@H](C)N1CCN(Cc2ccsc2)CC1. The Morgan fingerprint density at radius 3 is 2.70 bits per heavy atom. The van der Waals surface area contributed by atoms with Crippen LogP contribution >= 0.6 is 22.9 Å². The van der Waals surface area contributed by atoms with Crippen molar-refractivity contribution in [2.75, 3.05) is 38.6 Å². The lowest BCUT2D eigenvalue weighted by atomic mass is 10.1. The highest BCUT2D eigenvalue weighted by Crippen LogP contribution is 2.31. The molecule has 1 aromatic carbocycles. The van der Waals surface area contributed by atoms with E-state index in [1.807, 2.05) is 19.9 Å². The normalized spacial score (nSPS) is 16.9. The Morgan fingerprint density at radius 1 is 1.33 bits per heavy atom. The molecule has 7 heteroatoms. The van der Waals surface area contributed by atoms with Crippen LogP contribution in [0.4, 0.5) is 5.69 Å². The first-order chi connectivity index (χ1) is 13.0. The van der Waals surface area contributed by atoms with Crippen molar-refractivity contribution in [1.29, 1.82) is 0 Å². The van der Waals surface area contributed by atoms with E-state index in [1.54, 1.807) is 24.5 Å². The second kappa shape index (κ2) is 9.06.